The largest absolute Gasteiger partial charge is 0.462 e. The molecule has 67 heavy (non-hydrogen) atoms. The van der Waals surface area contributed by atoms with Crippen molar-refractivity contribution in [1.82, 2.24) is 0 Å². The number of carbonyl (C=O) groups is 3. The van der Waals surface area contributed by atoms with Crippen molar-refractivity contribution in [2.24, 2.45) is 0 Å². The second-order valence-electron chi connectivity index (χ2n) is 16.7. The van der Waals surface area contributed by atoms with Crippen molar-refractivity contribution in [3.05, 3.63) is 146 Å². The molecule has 6 nitrogen and oxygen atoms in total. The van der Waals surface area contributed by atoms with E-state index in [4.69, 9.17) is 14.2 Å². The van der Waals surface area contributed by atoms with E-state index in [1.807, 2.05) is 6.08 Å². The Morgan fingerprint density at radius 2 is 0.627 bits per heavy atom. The van der Waals surface area contributed by atoms with Gasteiger partial charge in [0.05, 0.1) is 6.42 Å². The average Bonchev–Trinajstić information content (AvgIpc) is 3.33. The van der Waals surface area contributed by atoms with Gasteiger partial charge in [0.1, 0.15) is 13.2 Å². The summed E-state index contributed by atoms with van der Waals surface area (Å²) in [7, 11) is 0. The number of allylic oxidation sites excluding steroid dienone is 23. The molecule has 1 atom stereocenters. The van der Waals surface area contributed by atoms with Crippen LogP contribution < -0.4 is 0 Å². The molecule has 0 aromatic rings. The van der Waals surface area contributed by atoms with Crippen molar-refractivity contribution < 1.29 is 28.6 Å². The van der Waals surface area contributed by atoms with Gasteiger partial charge < -0.3 is 14.2 Å². The minimum absolute atomic E-state index is 0.0865. The molecule has 0 fully saturated rings. The molecule has 0 aromatic heterocycles. The summed E-state index contributed by atoms with van der Waals surface area (Å²) < 4.78 is 16.6. The summed E-state index contributed by atoms with van der Waals surface area (Å²) in [4.78, 5) is 37.7. The van der Waals surface area contributed by atoms with Crippen molar-refractivity contribution in [3.63, 3.8) is 0 Å². The lowest BCUT2D eigenvalue weighted by molar-refractivity contribution is -0.166. The Morgan fingerprint density at radius 3 is 0.985 bits per heavy atom. The summed E-state index contributed by atoms with van der Waals surface area (Å²) in [5.74, 6) is -1.10. The Balaban J connectivity index is 4.36. The normalized spacial score (nSPS) is 13.3. The van der Waals surface area contributed by atoms with Gasteiger partial charge in [-0.15, -0.1) is 0 Å². The molecule has 1 unspecified atom stereocenters. The third-order valence-corrected chi connectivity index (χ3v) is 10.4. The number of hydrogen-bond donors (Lipinski definition) is 0. The van der Waals surface area contributed by atoms with Crippen LogP contribution in [0.1, 0.15) is 201 Å². The van der Waals surface area contributed by atoms with Crippen LogP contribution in [0.15, 0.2) is 146 Å². The fourth-order valence-electron chi connectivity index (χ4n) is 6.50. The number of unbranched alkanes of at least 4 members (excludes halogenated alkanes) is 11. The average molecular weight is 923 g/mol. The summed E-state index contributed by atoms with van der Waals surface area (Å²) in [6.07, 6.45) is 77.4. The Labute approximate surface area is 410 Å². The molecule has 0 amide bonds. The van der Waals surface area contributed by atoms with Gasteiger partial charge in [0, 0.05) is 12.8 Å². The number of rotatable bonds is 45. The lowest BCUT2D eigenvalue weighted by atomic mass is 10.1. The topological polar surface area (TPSA) is 78.9 Å². The summed E-state index contributed by atoms with van der Waals surface area (Å²) in [6.45, 7) is 6.23. The van der Waals surface area contributed by atoms with Gasteiger partial charge >= 0.3 is 17.9 Å². The molecule has 0 aromatic carbocycles. The van der Waals surface area contributed by atoms with Gasteiger partial charge in [-0.05, 0) is 103 Å². The van der Waals surface area contributed by atoms with Crippen LogP contribution in [-0.2, 0) is 28.6 Å². The molecule has 0 aliphatic rings. The summed E-state index contributed by atoms with van der Waals surface area (Å²) in [5.41, 5.74) is 0. The van der Waals surface area contributed by atoms with E-state index in [1.54, 1.807) is 6.08 Å². The Kier molecular flexibility index (Phi) is 50.1. The lowest BCUT2D eigenvalue weighted by Crippen LogP contribution is -2.30. The van der Waals surface area contributed by atoms with E-state index in [0.29, 0.717) is 19.3 Å². The molecule has 6 heteroatoms. The Morgan fingerprint density at radius 1 is 0.328 bits per heavy atom. The Bertz CT molecular complexity index is 1530. The molecule has 0 saturated heterocycles. The zero-order valence-electron chi connectivity index (χ0n) is 42.6. The van der Waals surface area contributed by atoms with Crippen LogP contribution >= 0.6 is 0 Å². The van der Waals surface area contributed by atoms with Crippen molar-refractivity contribution >= 4 is 17.9 Å². The lowest BCUT2D eigenvalue weighted by Gasteiger charge is -2.18. The predicted molar refractivity (Wildman–Crippen MR) is 288 cm³/mol. The van der Waals surface area contributed by atoms with Crippen LogP contribution in [0.5, 0.6) is 0 Å². The molecule has 0 radical (unpaired) electrons. The fourth-order valence-corrected chi connectivity index (χ4v) is 6.50. The van der Waals surface area contributed by atoms with Gasteiger partial charge in [-0.3, -0.25) is 14.4 Å². The number of carbonyl (C=O) groups excluding carboxylic acids is 3. The third-order valence-electron chi connectivity index (χ3n) is 10.4. The van der Waals surface area contributed by atoms with Crippen LogP contribution in [0.25, 0.3) is 0 Å². The van der Waals surface area contributed by atoms with E-state index in [9.17, 15) is 14.4 Å². The smallest absolute Gasteiger partial charge is 0.310 e. The van der Waals surface area contributed by atoms with E-state index >= 15 is 0 Å². The standard InChI is InChI=1S/C61H94O6/c1-4-7-10-13-16-18-20-22-24-25-26-27-28-29-30-31-32-33-34-35-37-38-40-42-45-48-51-54-60(63)66-57-58(56-65-59(62)53-50-47-44-15-12-9-6-3)67-61(64)55-52-49-46-43-41-39-36-23-21-19-17-14-11-8-5-2/h7-8,10-11,16-19,22-24,26-27,29-30,32-33,35-37,41,43,49,52,58H,4-6,9,12-15,20-21,25,28,31,34,38-40,42,44-48,50-51,53-57H2,1-3H3/b10-7-,11-8-,18-16-,19-17-,24-22-,27-26-,30-29-,33-32-,36-23-,37-35-,43-41-,52-49-. The molecule has 0 saturated carbocycles. The molecule has 0 heterocycles. The maximum atomic E-state index is 12.7. The van der Waals surface area contributed by atoms with Crippen molar-refractivity contribution in [3.8, 4) is 0 Å². The van der Waals surface area contributed by atoms with Gasteiger partial charge in [-0.2, -0.15) is 0 Å². The number of ether oxygens (including phenoxy) is 3. The van der Waals surface area contributed by atoms with Gasteiger partial charge in [0.25, 0.3) is 0 Å². The first-order chi connectivity index (χ1) is 33.0. The molecule has 374 valence electrons. The van der Waals surface area contributed by atoms with E-state index in [0.717, 1.165) is 128 Å². The van der Waals surface area contributed by atoms with Gasteiger partial charge in [0.15, 0.2) is 6.10 Å². The minimum atomic E-state index is -0.843. The number of esters is 3. The number of hydrogen-bond acceptors (Lipinski definition) is 6. The fraction of sp³-hybridized carbons (Fsp3) is 0.557. The van der Waals surface area contributed by atoms with Crippen molar-refractivity contribution in [1.29, 1.82) is 0 Å². The second kappa shape index (κ2) is 53.9. The van der Waals surface area contributed by atoms with Crippen LogP contribution in [0.2, 0.25) is 0 Å². The second-order valence-corrected chi connectivity index (χ2v) is 16.7. The quantitative estimate of drug-likeness (QED) is 0.0262. The first-order valence-electron chi connectivity index (χ1n) is 26.3. The highest BCUT2D eigenvalue weighted by Crippen LogP contribution is 2.12. The highest BCUT2D eigenvalue weighted by Gasteiger charge is 2.19. The van der Waals surface area contributed by atoms with Crippen LogP contribution in [0, 0.1) is 0 Å². The first kappa shape index (κ1) is 62.3. The maximum Gasteiger partial charge on any atom is 0.310 e. The molecule has 0 N–H and O–H groups in total. The van der Waals surface area contributed by atoms with Crippen molar-refractivity contribution in [2.75, 3.05) is 13.2 Å². The third kappa shape index (κ3) is 52.1. The molecule has 0 aliphatic heterocycles. The van der Waals surface area contributed by atoms with Crippen LogP contribution in [0.3, 0.4) is 0 Å². The van der Waals surface area contributed by atoms with E-state index in [1.165, 1.54) is 25.7 Å². The molecule has 0 aliphatic carbocycles. The maximum absolute atomic E-state index is 12.7. The van der Waals surface area contributed by atoms with E-state index < -0.39 is 12.1 Å². The monoisotopic (exact) mass is 923 g/mol. The van der Waals surface area contributed by atoms with Gasteiger partial charge in [-0.1, -0.05) is 224 Å². The molecule has 0 bridgehead atoms. The zero-order valence-corrected chi connectivity index (χ0v) is 42.6. The summed E-state index contributed by atoms with van der Waals surface area (Å²) in [5, 5.41) is 0. The van der Waals surface area contributed by atoms with E-state index in [2.05, 4.69) is 154 Å². The Hall–Kier alpha value is -4.71. The molecular formula is C61H94O6. The SMILES string of the molecule is CC/C=C\C/C=C\C/C=C\C/C=C\C/C=C\C/C=C\C/C=C\CCCCCCCC(=O)OCC(COC(=O)CCCCCCCCC)OC(=O)C/C=C\C/C=C\C/C=C\C/C=C\C/C=C\CC. The zero-order chi connectivity index (χ0) is 48.6. The van der Waals surface area contributed by atoms with Gasteiger partial charge in [-0.25, -0.2) is 0 Å². The van der Waals surface area contributed by atoms with Crippen molar-refractivity contribution in [2.45, 2.75) is 207 Å². The van der Waals surface area contributed by atoms with Crippen LogP contribution in [-0.4, -0.2) is 37.2 Å². The van der Waals surface area contributed by atoms with E-state index in [-0.39, 0.29) is 31.6 Å². The highest BCUT2D eigenvalue weighted by molar-refractivity contribution is 5.72. The summed E-state index contributed by atoms with van der Waals surface area (Å²) >= 11 is 0. The summed E-state index contributed by atoms with van der Waals surface area (Å²) in [6, 6.07) is 0. The molecular weight excluding hydrogens is 829 g/mol. The van der Waals surface area contributed by atoms with Gasteiger partial charge in [0.2, 0.25) is 0 Å². The predicted octanol–water partition coefficient (Wildman–Crippen LogP) is 17.6. The highest BCUT2D eigenvalue weighted by atomic mass is 16.6. The molecule has 0 spiro atoms. The first-order valence-corrected chi connectivity index (χ1v) is 26.3. The minimum Gasteiger partial charge on any atom is -0.462 e. The van der Waals surface area contributed by atoms with Crippen LogP contribution in [0.4, 0.5) is 0 Å². The molecule has 0 rings (SSSR count).